The molecule has 0 saturated heterocycles. The highest BCUT2D eigenvalue weighted by Gasteiger charge is 2.30. The van der Waals surface area contributed by atoms with Crippen molar-refractivity contribution in [3.63, 3.8) is 0 Å². The molecular weight excluding hydrogens is 266 g/mol. The van der Waals surface area contributed by atoms with Gasteiger partial charge in [0.2, 0.25) is 0 Å². The molecule has 2 N–H and O–H groups in total. The van der Waals surface area contributed by atoms with Gasteiger partial charge in [-0.1, -0.05) is 20.8 Å². The third-order valence-corrected chi connectivity index (χ3v) is 2.89. The minimum Gasteiger partial charge on any atom is -0.497 e. The van der Waals surface area contributed by atoms with E-state index >= 15 is 0 Å². The Hall–Kier alpha value is -1.26. The van der Waals surface area contributed by atoms with Crippen LogP contribution in [0, 0.1) is 5.41 Å². The summed E-state index contributed by atoms with van der Waals surface area (Å²) in [6.45, 7) is 5.81. The molecule has 4 nitrogen and oxygen atoms in total. The monoisotopic (exact) mass is 287 g/mol. The number of carbonyl (C=O) groups excluding carboxylic acids is 1. The van der Waals surface area contributed by atoms with Crippen molar-refractivity contribution in [3.05, 3.63) is 23.8 Å². The van der Waals surface area contributed by atoms with Crippen molar-refractivity contribution in [2.75, 3.05) is 14.2 Å². The first-order valence-electron chi connectivity index (χ1n) is 5.83. The smallest absolute Gasteiger partial charge is 0.183 e. The van der Waals surface area contributed by atoms with Gasteiger partial charge in [0.25, 0.3) is 0 Å². The molecule has 0 radical (unpaired) electrons. The van der Waals surface area contributed by atoms with Crippen LogP contribution in [-0.4, -0.2) is 26.0 Å². The molecule has 0 saturated carbocycles. The van der Waals surface area contributed by atoms with Crippen LogP contribution in [-0.2, 0) is 0 Å². The first kappa shape index (κ1) is 17.7. The Kier molecular flexibility index (Phi) is 6.33. The number of ether oxygens (including phenoxy) is 2. The third-order valence-electron chi connectivity index (χ3n) is 2.89. The van der Waals surface area contributed by atoms with E-state index in [2.05, 4.69) is 0 Å². The maximum Gasteiger partial charge on any atom is 0.183 e. The number of halogens is 1. The molecule has 0 bridgehead atoms. The molecule has 0 aromatic heterocycles. The molecule has 108 valence electrons. The van der Waals surface area contributed by atoms with E-state index in [0.717, 1.165) is 0 Å². The van der Waals surface area contributed by atoms with Crippen molar-refractivity contribution in [3.8, 4) is 11.5 Å². The fraction of sp³-hybridized carbons (Fsp3) is 0.500. The SMILES string of the molecule is COc1ccc(C(=O)C(N)C(C)(C)C)c(OC)c1.Cl. The molecule has 0 aliphatic carbocycles. The molecule has 1 aromatic rings. The Morgan fingerprint density at radius 1 is 1.21 bits per heavy atom. The van der Waals surface area contributed by atoms with Crippen LogP contribution in [0.2, 0.25) is 0 Å². The fourth-order valence-corrected chi connectivity index (χ4v) is 1.56. The molecule has 1 atom stereocenters. The number of benzene rings is 1. The zero-order valence-electron chi connectivity index (χ0n) is 12.0. The lowest BCUT2D eigenvalue weighted by Gasteiger charge is -2.26. The molecule has 1 rings (SSSR count). The van der Waals surface area contributed by atoms with E-state index in [4.69, 9.17) is 15.2 Å². The molecular formula is C14H22ClNO3. The van der Waals surface area contributed by atoms with E-state index in [9.17, 15) is 4.79 Å². The van der Waals surface area contributed by atoms with E-state index in [1.54, 1.807) is 25.3 Å². The fourth-order valence-electron chi connectivity index (χ4n) is 1.56. The van der Waals surface area contributed by atoms with E-state index < -0.39 is 6.04 Å². The maximum atomic E-state index is 12.3. The van der Waals surface area contributed by atoms with Crippen molar-refractivity contribution in [1.29, 1.82) is 0 Å². The predicted octanol–water partition coefficient (Wildman–Crippen LogP) is 2.68. The van der Waals surface area contributed by atoms with Crippen LogP contribution in [0.15, 0.2) is 18.2 Å². The quantitative estimate of drug-likeness (QED) is 0.865. The van der Waals surface area contributed by atoms with E-state index in [-0.39, 0.29) is 23.6 Å². The zero-order chi connectivity index (χ0) is 13.9. The average molecular weight is 288 g/mol. The predicted molar refractivity (Wildman–Crippen MR) is 78.6 cm³/mol. The van der Waals surface area contributed by atoms with Crippen LogP contribution in [0.4, 0.5) is 0 Å². The van der Waals surface area contributed by atoms with Crippen LogP contribution in [0.25, 0.3) is 0 Å². The summed E-state index contributed by atoms with van der Waals surface area (Å²) in [5.74, 6) is 1.01. The molecule has 1 aromatic carbocycles. The Morgan fingerprint density at radius 3 is 2.21 bits per heavy atom. The van der Waals surface area contributed by atoms with Gasteiger partial charge in [-0.3, -0.25) is 4.79 Å². The van der Waals surface area contributed by atoms with Gasteiger partial charge >= 0.3 is 0 Å². The summed E-state index contributed by atoms with van der Waals surface area (Å²) in [6, 6.07) is 4.53. The average Bonchev–Trinajstić information content (AvgIpc) is 2.35. The first-order valence-corrected chi connectivity index (χ1v) is 5.83. The number of hydrogen-bond donors (Lipinski definition) is 1. The van der Waals surface area contributed by atoms with Gasteiger partial charge in [-0.05, 0) is 17.5 Å². The van der Waals surface area contributed by atoms with Gasteiger partial charge in [-0.2, -0.15) is 0 Å². The van der Waals surface area contributed by atoms with E-state index in [1.807, 2.05) is 20.8 Å². The van der Waals surface area contributed by atoms with Crippen molar-refractivity contribution in [2.24, 2.45) is 11.1 Å². The summed E-state index contributed by atoms with van der Waals surface area (Å²) in [6.07, 6.45) is 0. The van der Waals surface area contributed by atoms with Gasteiger partial charge < -0.3 is 15.2 Å². The minimum atomic E-state index is -0.570. The number of nitrogens with two attached hydrogens (primary N) is 1. The van der Waals surface area contributed by atoms with Crippen LogP contribution < -0.4 is 15.2 Å². The van der Waals surface area contributed by atoms with Crippen molar-refractivity contribution in [2.45, 2.75) is 26.8 Å². The molecule has 19 heavy (non-hydrogen) atoms. The molecule has 0 amide bonds. The van der Waals surface area contributed by atoms with Crippen LogP contribution >= 0.6 is 12.4 Å². The number of rotatable bonds is 4. The number of carbonyl (C=O) groups is 1. The molecule has 0 fully saturated rings. The van der Waals surface area contributed by atoms with Crippen LogP contribution in [0.3, 0.4) is 0 Å². The normalized spacial score (nSPS) is 12.3. The number of ketones is 1. The first-order chi connectivity index (χ1) is 8.31. The Morgan fingerprint density at radius 2 is 1.79 bits per heavy atom. The number of Topliss-reactive ketones (excluding diaryl/α,β-unsaturated/α-hetero) is 1. The summed E-state index contributed by atoms with van der Waals surface area (Å²) < 4.78 is 10.3. The van der Waals surface area contributed by atoms with Gasteiger partial charge in [0.15, 0.2) is 5.78 Å². The zero-order valence-corrected chi connectivity index (χ0v) is 12.8. The Bertz CT molecular complexity index is 441. The summed E-state index contributed by atoms with van der Waals surface area (Å²) in [5.41, 5.74) is 6.18. The van der Waals surface area contributed by atoms with Gasteiger partial charge in [0.1, 0.15) is 11.5 Å². The highest BCUT2D eigenvalue weighted by Crippen LogP contribution is 2.28. The molecule has 0 spiro atoms. The minimum absolute atomic E-state index is 0. The highest BCUT2D eigenvalue weighted by atomic mass is 35.5. The van der Waals surface area contributed by atoms with Crippen LogP contribution in [0.5, 0.6) is 11.5 Å². The second-order valence-corrected chi connectivity index (χ2v) is 5.27. The maximum absolute atomic E-state index is 12.3. The molecule has 5 heteroatoms. The Balaban J connectivity index is 0.00000324. The van der Waals surface area contributed by atoms with E-state index in [0.29, 0.717) is 17.1 Å². The topological polar surface area (TPSA) is 61.5 Å². The Labute approximate surface area is 120 Å². The van der Waals surface area contributed by atoms with Gasteiger partial charge in [0, 0.05) is 6.07 Å². The molecule has 0 aliphatic heterocycles. The molecule has 0 aliphatic rings. The number of methoxy groups -OCH3 is 2. The summed E-state index contributed by atoms with van der Waals surface area (Å²) in [7, 11) is 3.09. The molecule has 0 heterocycles. The van der Waals surface area contributed by atoms with Crippen molar-refractivity contribution >= 4 is 18.2 Å². The lowest BCUT2D eigenvalue weighted by Crippen LogP contribution is -2.42. The van der Waals surface area contributed by atoms with Crippen molar-refractivity contribution in [1.82, 2.24) is 0 Å². The van der Waals surface area contributed by atoms with Gasteiger partial charge in [0.05, 0.1) is 25.8 Å². The second-order valence-electron chi connectivity index (χ2n) is 5.27. The van der Waals surface area contributed by atoms with Gasteiger partial charge in [-0.15, -0.1) is 12.4 Å². The van der Waals surface area contributed by atoms with Crippen LogP contribution in [0.1, 0.15) is 31.1 Å². The lowest BCUT2D eigenvalue weighted by molar-refractivity contribution is 0.0898. The highest BCUT2D eigenvalue weighted by molar-refractivity contribution is 6.02. The number of hydrogen-bond acceptors (Lipinski definition) is 4. The molecule has 1 unspecified atom stereocenters. The lowest BCUT2D eigenvalue weighted by atomic mass is 9.82. The standard InChI is InChI=1S/C14H21NO3.ClH/c1-14(2,3)13(15)12(16)10-7-6-9(17-4)8-11(10)18-5;/h6-8,13H,15H2,1-5H3;1H. The summed E-state index contributed by atoms with van der Waals surface area (Å²) >= 11 is 0. The summed E-state index contributed by atoms with van der Waals surface area (Å²) in [4.78, 5) is 12.3. The van der Waals surface area contributed by atoms with Crippen molar-refractivity contribution < 1.29 is 14.3 Å². The summed E-state index contributed by atoms with van der Waals surface area (Å²) in [5, 5.41) is 0. The largest absolute Gasteiger partial charge is 0.497 e. The third kappa shape index (κ3) is 4.11. The van der Waals surface area contributed by atoms with E-state index in [1.165, 1.54) is 7.11 Å². The van der Waals surface area contributed by atoms with Gasteiger partial charge in [-0.25, -0.2) is 0 Å². The second kappa shape index (κ2) is 6.78.